The van der Waals surface area contributed by atoms with Gasteiger partial charge in [0.15, 0.2) is 17.7 Å². The molecule has 0 bridgehead atoms. The lowest BCUT2D eigenvalue weighted by Gasteiger charge is -2.30. The molecule has 3 rings (SSSR count). The Kier molecular flexibility index (Phi) is 2.55. The number of nitrogens with zero attached hydrogens (tertiary/aromatic N) is 1. The van der Waals surface area contributed by atoms with Gasteiger partial charge in [-0.15, -0.1) is 0 Å². The molecule has 2 saturated heterocycles. The molecular weight excluding hydrogens is 250 g/mol. The first-order valence-corrected chi connectivity index (χ1v) is 6.11. The quantitative estimate of drug-likeness (QED) is 0.653. The van der Waals surface area contributed by atoms with Crippen molar-refractivity contribution in [3.63, 3.8) is 0 Å². The Morgan fingerprint density at radius 2 is 2.11 bits per heavy atom. The largest absolute Gasteiger partial charge is 0.469 e. The highest BCUT2D eigenvalue weighted by Crippen LogP contribution is 2.41. The minimum Gasteiger partial charge on any atom is -0.469 e. The Bertz CT molecular complexity index is 495. The highest BCUT2D eigenvalue weighted by molar-refractivity contribution is 6.06. The Balaban J connectivity index is 1.86. The Morgan fingerprint density at radius 3 is 2.79 bits per heavy atom. The van der Waals surface area contributed by atoms with E-state index in [4.69, 9.17) is 14.2 Å². The summed E-state index contributed by atoms with van der Waals surface area (Å²) in [6.45, 7) is 7.39. The SMILES string of the molecule is C=C1O[C@@H](N2C=CC(=O)CC2=O)[C@@H]2OC(C)(C)O[C@H]12. The molecule has 1 amide bonds. The van der Waals surface area contributed by atoms with Crippen LogP contribution < -0.4 is 0 Å². The highest BCUT2D eigenvalue weighted by atomic mass is 16.8. The number of hydrogen-bond donors (Lipinski definition) is 0. The van der Waals surface area contributed by atoms with Gasteiger partial charge in [0.2, 0.25) is 12.1 Å². The normalized spacial score (nSPS) is 36.6. The zero-order valence-electron chi connectivity index (χ0n) is 10.8. The number of hydrogen-bond acceptors (Lipinski definition) is 5. The molecule has 0 aromatic rings. The molecule has 0 radical (unpaired) electrons. The lowest BCUT2D eigenvalue weighted by Crippen LogP contribution is -2.46. The molecule has 3 atom stereocenters. The van der Waals surface area contributed by atoms with Crippen LogP contribution in [0.25, 0.3) is 0 Å². The van der Waals surface area contributed by atoms with E-state index < -0.39 is 18.1 Å². The van der Waals surface area contributed by atoms with Gasteiger partial charge in [-0.3, -0.25) is 14.5 Å². The third-order valence-electron chi connectivity index (χ3n) is 3.31. The van der Waals surface area contributed by atoms with Crippen LogP contribution in [0.1, 0.15) is 20.3 Å². The molecular formula is C13H15NO5. The van der Waals surface area contributed by atoms with E-state index in [2.05, 4.69) is 6.58 Å². The van der Waals surface area contributed by atoms with Gasteiger partial charge in [0, 0.05) is 6.20 Å². The number of amides is 1. The molecule has 102 valence electrons. The summed E-state index contributed by atoms with van der Waals surface area (Å²) in [6, 6.07) is 0. The minimum atomic E-state index is -0.737. The van der Waals surface area contributed by atoms with Gasteiger partial charge in [-0.2, -0.15) is 0 Å². The molecule has 0 N–H and O–H groups in total. The van der Waals surface area contributed by atoms with Crippen molar-refractivity contribution >= 4 is 11.7 Å². The van der Waals surface area contributed by atoms with Gasteiger partial charge in [0.05, 0.1) is 6.42 Å². The van der Waals surface area contributed by atoms with Crippen molar-refractivity contribution in [2.24, 2.45) is 0 Å². The van der Waals surface area contributed by atoms with Crippen LogP contribution in [-0.2, 0) is 23.8 Å². The second kappa shape index (κ2) is 3.91. The second-order valence-electron chi connectivity index (χ2n) is 5.26. The molecule has 3 aliphatic rings. The summed E-state index contributed by atoms with van der Waals surface area (Å²) in [5.41, 5.74) is 0. The van der Waals surface area contributed by atoms with Crippen LogP contribution in [0, 0.1) is 0 Å². The lowest BCUT2D eigenvalue weighted by atomic mass is 10.1. The van der Waals surface area contributed by atoms with Crippen molar-refractivity contribution in [2.45, 2.75) is 44.5 Å². The summed E-state index contributed by atoms with van der Waals surface area (Å²) in [5, 5.41) is 0. The van der Waals surface area contributed by atoms with E-state index in [1.54, 1.807) is 13.8 Å². The van der Waals surface area contributed by atoms with Crippen molar-refractivity contribution < 1.29 is 23.8 Å². The summed E-state index contributed by atoms with van der Waals surface area (Å²) >= 11 is 0. The van der Waals surface area contributed by atoms with Crippen LogP contribution in [0.15, 0.2) is 24.6 Å². The van der Waals surface area contributed by atoms with Crippen LogP contribution in [-0.4, -0.2) is 40.8 Å². The van der Waals surface area contributed by atoms with Gasteiger partial charge in [0.1, 0.15) is 11.9 Å². The zero-order valence-corrected chi connectivity index (χ0v) is 10.8. The molecule has 6 nitrogen and oxygen atoms in total. The van der Waals surface area contributed by atoms with E-state index >= 15 is 0 Å². The maximum absolute atomic E-state index is 11.9. The van der Waals surface area contributed by atoms with E-state index in [0.29, 0.717) is 5.76 Å². The van der Waals surface area contributed by atoms with Gasteiger partial charge >= 0.3 is 0 Å². The summed E-state index contributed by atoms with van der Waals surface area (Å²) in [4.78, 5) is 24.5. The monoisotopic (exact) mass is 265 g/mol. The summed E-state index contributed by atoms with van der Waals surface area (Å²) in [5.74, 6) is -0.810. The maximum Gasteiger partial charge on any atom is 0.237 e. The highest BCUT2D eigenvalue weighted by Gasteiger charge is 2.55. The van der Waals surface area contributed by atoms with E-state index in [9.17, 15) is 9.59 Å². The fourth-order valence-electron chi connectivity index (χ4n) is 2.52. The summed E-state index contributed by atoms with van der Waals surface area (Å²) in [6.07, 6.45) is 1.20. The third-order valence-corrected chi connectivity index (χ3v) is 3.31. The van der Waals surface area contributed by atoms with Gasteiger partial charge in [-0.05, 0) is 19.9 Å². The van der Waals surface area contributed by atoms with Crippen molar-refractivity contribution in [1.29, 1.82) is 0 Å². The number of allylic oxidation sites excluding steroid dienone is 1. The topological polar surface area (TPSA) is 65.1 Å². The fraction of sp³-hybridized carbons (Fsp3) is 0.538. The van der Waals surface area contributed by atoms with E-state index in [0.717, 1.165) is 0 Å². The Hall–Kier alpha value is -1.66. The van der Waals surface area contributed by atoms with Gasteiger partial charge in [-0.1, -0.05) is 6.58 Å². The molecule has 6 heteroatoms. The molecule has 0 spiro atoms. The van der Waals surface area contributed by atoms with Crippen LogP contribution in [0.3, 0.4) is 0 Å². The number of carbonyl (C=O) groups is 2. The van der Waals surface area contributed by atoms with Crippen molar-refractivity contribution in [1.82, 2.24) is 4.90 Å². The average molecular weight is 265 g/mol. The third kappa shape index (κ3) is 1.97. The van der Waals surface area contributed by atoms with E-state index in [-0.39, 0.29) is 24.2 Å². The number of rotatable bonds is 1. The fourth-order valence-corrected chi connectivity index (χ4v) is 2.52. The predicted octanol–water partition coefficient (Wildman–Crippen LogP) is 0.692. The van der Waals surface area contributed by atoms with E-state index in [1.165, 1.54) is 17.2 Å². The number of fused-ring (bicyclic) bond motifs is 1. The predicted molar refractivity (Wildman–Crippen MR) is 63.4 cm³/mol. The smallest absolute Gasteiger partial charge is 0.237 e. The Morgan fingerprint density at radius 1 is 1.37 bits per heavy atom. The van der Waals surface area contributed by atoms with Crippen LogP contribution in [0.4, 0.5) is 0 Å². The average Bonchev–Trinajstić information content (AvgIpc) is 2.75. The number of ketones is 1. The van der Waals surface area contributed by atoms with Gasteiger partial charge in [0.25, 0.3) is 0 Å². The molecule has 0 aliphatic carbocycles. The first-order valence-electron chi connectivity index (χ1n) is 6.11. The standard InChI is InChI=1S/C13H15NO5/c1-7-10-11(19-13(2,3)18-10)12(17-7)14-5-4-8(15)6-9(14)16/h4-5,10-12H,1,6H2,2-3H3/t10-,11-,12-/m1/s1. The molecule has 0 aromatic heterocycles. The first-order chi connectivity index (χ1) is 8.87. The number of carbonyl (C=O) groups excluding carboxylic acids is 2. The molecule has 3 aliphatic heterocycles. The van der Waals surface area contributed by atoms with E-state index in [1.807, 2.05) is 0 Å². The van der Waals surface area contributed by atoms with Crippen LogP contribution in [0.5, 0.6) is 0 Å². The Labute approximate surface area is 110 Å². The molecule has 0 unspecified atom stereocenters. The van der Waals surface area contributed by atoms with Crippen LogP contribution in [0.2, 0.25) is 0 Å². The zero-order chi connectivity index (χ0) is 13.8. The molecule has 3 heterocycles. The van der Waals surface area contributed by atoms with Gasteiger partial charge < -0.3 is 14.2 Å². The molecule has 19 heavy (non-hydrogen) atoms. The number of ether oxygens (including phenoxy) is 3. The van der Waals surface area contributed by atoms with Crippen molar-refractivity contribution in [2.75, 3.05) is 0 Å². The molecule has 0 saturated carbocycles. The molecule has 0 aromatic carbocycles. The second-order valence-corrected chi connectivity index (χ2v) is 5.26. The first kappa shape index (κ1) is 12.4. The summed E-state index contributed by atoms with van der Waals surface area (Å²) < 4.78 is 17.0. The van der Waals surface area contributed by atoms with Crippen molar-refractivity contribution in [3.8, 4) is 0 Å². The van der Waals surface area contributed by atoms with Gasteiger partial charge in [-0.25, -0.2) is 0 Å². The minimum absolute atomic E-state index is 0.148. The lowest BCUT2D eigenvalue weighted by molar-refractivity contribution is -0.182. The van der Waals surface area contributed by atoms with Crippen LogP contribution >= 0.6 is 0 Å². The molecule has 2 fully saturated rings. The van der Waals surface area contributed by atoms with Crippen molar-refractivity contribution in [3.05, 3.63) is 24.6 Å². The maximum atomic E-state index is 11.9. The summed E-state index contributed by atoms with van der Waals surface area (Å²) in [7, 11) is 0.